The normalized spacial score (nSPS) is 23.8. The Morgan fingerprint density at radius 1 is 1.44 bits per heavy atom. The van der Waals surface area contributed by atoms with Crippen LogP contribution in [0, 0.1) is 0 Å². The summed E-state index contributed by atoms with van der Waals surface area (Å²) in [6, 6.07) is 6.65. The van der Waals surface area contributed by atoms with Crippen LogP contribution in [0.2, 0.25) is 0 Å². The molecule has 0 N–H and O–H groups in total. The molecule has 0 fully saturated rings. The van der Waals surface area contributed by atoms with Crippen molar-refractivity contribution in [2.45, 2.75) is 25.6 Å². The number of fused-ring (bicyclic) bond motifs is 1. The predicted octanol–water partition coefficient (Wildman–Crippen LogP) is 2.22. The van der Waals surface area contributed by atoms with Crippen molar-refractivity contribution in [3.8, 4) is 0 Å². The summed E-state index contributed by atoms with van der Waals surface area (Å²) in [6.07, 6.45) is -2.32. The minimum atomic E-state index is -1.58. The summed E-state index contributed by atoms with van der Waals surface area (Å²) in [5.41, 5.74) is 0.907. The fourth-order valence-electron chi connectivity index (χ4n) is 1.90. The number of esters is 1. The maximum Gasteiger partial charge on any atom is 0.303 e. The van der Waals surface area contributed by atoms with Gasteiger partial charge in [0.05, 0.1) is 0 Å². The SMILES string of the molecule is CC(=O)OC1CC(F)C(=O)c2ccccc21. The van der Waals surface area contributed by atoms with E-state index in [9.17, 15) is 14.0 Å². The van der Waals surface area contributed by atoms with E-state index >= 15 is 0 Å². The summed E-state index contributed by atoms with van der Waals surface area (Å²) >= 11 is 0. The summed E-state index contributed by atoms with van der Waals surface area (Å²) in [4.78, 5) is 22.4. The minimum absolute atomic E-state index is 0.0879. The molecule has 1 aliphatic rings. The van der Waals surface area contributed by atoms with Gasteiger partial charge in [-0.3, -0.25) is 9.59 Å². The molecule has 0 heterocycles. The largest absolute Gasteiger partial charge is 0.458 e. The highest BCUT2D eigenvalue weighted by molar-refractivity contribution is 6.02. The molecule has 0 spiro atoms. The van der Waals surface area contributed by atoms with Gasteiger partial charge in [-0.2, -0.15) is 0 Å². The van der Waals surface area contributed by atoms with Crippen LogP contribution in [0.3, 0.4) is 0 Å². The van der Waals surface area contributed by atoms with Gasteiger partial charge in [0, 0.05) is 24.5 Å². The maximum atomic E-state index is 13.4. The van der Waals surface area contributed by atoms with Gasteiger partial charge in [-0.05, 0) is 0 Å². The molecule has 1 aliphatic carbocycles. The number of Topliss-reactive ketones (excluding diaryl/α,β-unsaturated/α-hetero) is 1. The number of ether oxygens (including phenoxy) is 1. The number of carbonyl (C=O) groups is 2. The number of hydrogen-bond donors (Lipinski definition) is 0. The smallest absolute Gasteiger partial charge is 0.303 e. The molecule has 2 unspecified atom stereocenters. The van der Waals surface area contributed by atoms with Crippen LogP contribution < -0.4 is 0 Å². The van der Waals surface area contributed by atoms with E-state index in [-0.39, 0.29) is 6.42 Å². The Morgan fingerprint density at radius 3 is 2.81 bits per heavy atom. The molecule has 84 valence electrons. The van der Waals surface area contributed by atoms with Crippen molar-refractivity contribution >= 4 is 11.8 Å². The van der Waals surface area contributed by atoms with Crippen molar-refractivity contribution in [3.05, 3.63) is 35.4 Å². The number of carbonyl (C=O) groups excluding carboxylic acids is 2. The first-order valence-electron chi connectivity index (χ1n) is 5.04. The van der Waals surface area contributed by atoms with Crippen LogP contribution in [-0.2, 0) is 9.53 Å². The molecule has 16 heavy (non-hydrogen) atoms. The Hall–Kier alpha value is -1.71. The number of ketones is 1. The first-order chi connectivity index (χ1) is 7.59. The van der Waals surface area contributed by atoms with Gasteiger partial charge in [0.1, 0.15) is 6.10 Å². The molecule has 0 aliphatic heterocycles. The van der Waals surface area contributed by atoms with Crippen LogP contribution in [-0.4, -0.2) is 17.9 Å². The maximum absolute atomic E-state index is 13.4. The fraction of sp³-hybridized carbons (Fsp3) is 0.333. The third-order valence-electron chi connectivity index (χ3n) is 2.59. The Kier molecular flexibility index (Phi) is 2.73. The molecule has 4 heteroatoms. The molecular weight excluding hydrogens is 211 g/mol. The standard InChI is InChI=1S/C12H11FO3/c1-7(14)16-11-6-10(13)12(15)9-5-3-2-4-8(9)11/h2-5,10-11H,6H2,1H3. The molecule has 0 amide bonds. The zero-order valence-electron chi connectivity index (χ0n) is 8.77. The van der Waals surface area contributed by atoms with E-state index in [2.05, 4.69) is 0 Å². The lowest BCUT2D eigenvalue weighted by Crippen LogP contribution is -2.28. The van der Waals surface area contributed by atoms with Gasteiger partial charge in [0.25, 0.3) is 0 Å². The lowest BCUT2D eigenvalue weighted by molar-refractivity contribution is -0.147. The van der Waals surface area contributed by atoms with Crippen molar-refractivity contribution in [2.24, 2.45) is 0 Å². The van der Waals surface area contributed by atoms with Crippen LogP contribution in [0.1, 0.15) is 35.4 Å². The van der Waals surface area contributed by atoms with Crippen LogP contribution in [0.4, 0.5) is 4.39 Å². The van der Waals surface area contributed by atoms with Gasteiger partial charge in [0.15, 0.2) is 12.0 Å². The van der Waals surface area contributed by atoms with Crippen LogP contribution in [0.15, 0.2) is 24.3 Å². The number of alkyl halides is 1. The van der Waals surface area contributed by atoms with Crippen LogP contribution in [0.5, 0.6) is 0 Å². The topological polar surface area (TPSA) is 43.4 Å². The molecule has 1 aromatic carbocycles. The first-order valence-corrected chi connectivity index (χ1v) is 5.04. The van der Waals surface area contributed by atoms with Gasteiger partial charge in [-0.15, -0.1) is 0 Å². The molecule has 2 rings (SSSR count). The molecular formula is C12H11FO3. The average Bonchev–Trinajstić information content (AvgIpc) is 2.25. The van der Waals surface area contributed by atoms with Gasteiger partial charge in [0.2, 0.25) is 0 Å². The summed E-state index contributed by atoms with van der Waals surface area (Å²) in [5.74, 6) is -1.000. The summed E-state index contributed by atoms with van der Waals surface area (Å²) in [7, 11) is 0. The van der Waals surface area contributed by atoms with Crippen LogP contribution in [0.25, 0.3) is 0 Å². The molecule has 1 aromatic rings. The molecule has 2 atom stereocenters. The van der Waals surface area contributed by atoms with Gasteiger partial charge >= 0.3 is 5.97 Å². The van der Waals surface area contributed by atoms with Crippen molar-refractivity contribution < 1.29 is 18.7 Å². The van der Waals surface area contributed by atoms with Crippen molar-refractivity contribution in [1.82, 2.24) is 0 Å². The van der Waals surface area contributed by atoms with E-state index in [1.165, 1.54) is 6.92 Å². The number of hydrogen-bond acceptors (Lipinski definition) is 3. The van der Waals surface area contributed by atoms with Crippen molar-refractivity contribution in [2.75, 3.05) is 0 Å². The van der Waals surface area contributed by atoms with E-state index in [4.69, 9.17) is 4.74 Å². The number of rotatable bonds is 1. The average molecular weight is 222 g/mol. The van der Waals surface area contributed by atoms with Crippen LogP contribution >= 0.6 is 0 Å². The zero-order chi connectivity index (χ0) is 11.7. The minimum Gasteiger partial charge on any atom is -0.458 e. The second-order valence-corrected chi connectivity index (χ2v) is 3.75. The van der Waals surface area contributed by atoms with E-state index in [1.807, 2.05) is 0 Å². The summed E-state index contributed by atoms with van der Waals surface area (Å²) in [6.45, 7) is 1.27. The van der Waals surface area contributed by atoms with E-state index in [0.29, 0.717) is 11.1 Å². The number of benzene rings is 1. The van der Waals surface area contributed by atoms with Gasteiger partial charge in [-0.1, -0.05) is 24.3 Å². The van der Waals surface area contributed by atoms with Gasteiger partial charge < -0.3 is 4.74 Å². The monoisotopic (exact) mass is 222 g/mol. The third-order valence-corrected chi connectivity index (χ3v) is 2.59. The molecule has 0 saturated heterocycles. The quantitative estimate of drug-likeness (QED) is 0.684. The molecule has 0 aromatic heterocycles. The Balaban J connectivity index is 2.40. The lowest BCUT2D eigenvalue weighted by atomic mass is 9.87. The predicted molar refractivity (Wildman–Crippen MR) is 54.8 cm³/mol. The Labute approximate surface area is 92.2 Å². The third kappa shape index (κ3) is 1.83. The second kappa shape index (κ2) is 4.04. The highest BCUT2D eigenvalue weighted by Gasteiger charge is 2.34. The second-order valence-electron chi connectivity index (χ2n) is 3.75. The Bertz CT molecular complexity index is 442. The molecule has 3 nitrogen and oxygen atoms in total. The first kappa shape index (κ1) is 10.8. The molecule has 0 radical (unpaired) electrons. The molecule has 0 saturated carbocycles. The zero-order valence-corrected chi connectivity index (χ0v) is 8.77. The van der Waals surface area contributed by atoms with Crippen molar-refractivity contribution in [1.29, 1.82) is 0 Å². The van der Waals surface area contributed by atoms with Crippen molar-refractivity contribution in [3.63, 3.8) is 0 Å². The van der Waals surface area contributed by atoms with Gasteiger partial charge in [-0.25, -0.2) is 4.39 Å². The highest BCUT2D eigenvalue weighted by Crippen LogP contribution is 2.33. The summed E-state index contributed by atoms with van der Waals surface area (Å²) < 4.78 is 18.4. The lowest BCUT2D eigenvalue weighted by Gasteiger charge is -2.26. The Morgan fingerprint density at radius 2 is 2.12 bits per heavy atom. The molecule has 0 bridgehead atoms. The van der Waals surface area contributed by atoms with E-state index in [0.717, 1.165) is 0 Å². The highest BCUT2D eigenvalue weighted by atomic mass is 19.1. The van der Waals surface area contributed by atoms with E-state index in [1.54, 1.807) is 24.3 Å². The number of halogens is 1. The fourth-order valence-corrected chi connectivity index (χ4v) is 1.90. The van der Waals surface area contributed by atoms with E-state index < -0.39 is 24.0 Å². The summed E-state index contributed by atoms with van der Waals surface area (Å²) in [5, 5.41) is 0.